The molecule has 0 saturated carbocycles. The van der Waals surface area contributed by atoms with Crippen LogP contribution in [-0.2, 0) is 9.47 Å². The maximum absolute atomic E-state index is 5.80. The van der Waals surface area contributed by atoms with Crippen molar-refractivity contribution in [2.45, 2.75) is 73.0 Å². The molecule has 3 nitrogen and oxygen atoms in total. The first-order valence-electron chi connectivity index (χ1n) is 8.12. The summed E-state index contributed by atoms with van der Waals surface area (Å²) in [5.74, 6) is 0. The minimum atomic E-state index is 0.485. The van der Waals surface area contributed by atoms with Crippen LogP contribution in [0.25, 0.3) is 0 Å². The van der Waals surface area contributed by atoms with Gasteiger partial charge in [-0.2, -0.15) is 0 Å². The average Bonchev–Trinajstić information content (AvgIpc) is 2.48. The highest BCUT2D eigenvalue weighted by Gasteiger charge is 2.25. The third-order valence-electron chi connectivity index (χ3n) is 3.11. The Labute approximate surface area is 121 Å². The Bertz CT molecular complexity index is 165. The Morgan fingerprint density at radius 3 is 2.21 bits per heavy atom. The van der Waals surface area contributed by atoms with Gasteiger partial charge in [0.1, 0.15) is 0 Å². The van der Waals surface area contributed by atoms with Gasteiger partial charge in [-0.05, 0) is 26.2 Å². The Balaban J connectivity index is 0. The molecule has 1 fully saturated rings. The normalized spacial score (nSPS) is 22.9. The SMILES string of the molecule is CC.CC.CCCO[C@@H]1CCN(CCOC)[C@@H](C)C1. The van der Waals surface area contributed by atoms with Crippen molar-refractivity contribution in [2.75, 3.05) is 33.4 Å². The van der Waals surface area contributed by atoms with E-state index in [1.54, 1.807) is 7.11 Å². The molecule has 1 aliphatic heterocycles. The highest BCUT2D eigenvalue weighted by atomic mass is 16.5. The Kier molecular flexibility index (Phi) is 17.8. The summed E-state index contributed by atoms with van der Waals surface area (Å²) in [5.41, 5.74) is 0. The molecule has 0 aliphatic carbocycles. The molecule has 19 heavy (non-hydrogen) atoms. The number of likely N-dealkylation sites (tertiary alicyclic amines) is 1. The fraction of sp³-hybridized carbons (Fsp3) is 1.00. The zero-order valence-electron chi connectivity index (χ0n) is 14.4. The maximum Gasteiger partial charge on any atom is 0.0602 e. The molecule has 0 unspecified atom stereocenters. The number of rotatable bonds is 6. The van der Waals surface area contributed by atoms with Gasteiger partial charge in [-0.1, -0.05) is 34.6 Å². The minimum absolute atomic E-state index is 0.485. The van der Waals surface area contributed by atoms with Crippen molar-refractivity contribution in [3.63, 3.8) is 0 Å². The van der Waals surface area contributed by atoms with E-state index >= 15 is 0 Å². The van der Waals surface area contributed by atoms with Crippen LogP contribution in [-0.4, -0.2) is 50.5 Å². The van der Waals surface area contributed by atoms with Crippen LogP contribution >= 0.6 is 0 Å². The van der Waals surface area contributed by atoms with E-state index in [1.807, 2.05) is 27.7 Å². The third-order valence-corrected chi connectivity index (χ3v) is 3.11. The second-order valence-corrected chi connectivity index (χ2v) is 4.39. The molecule has 0 bridgehead atoms. The predicted molar refractivity (Wildman–Crippen MR) is 84.9 cm³/mol. The van der Waals surface area contributed by atoms with Crippen LogP contribution in [0.4, 0.5) is 0 Å². The van der Waals surface area contributed by atoms with Gasteiger partial charge in [0, 0.05) is 32.8 Å². The molecule has 0 N–H and O–H groups in total. The van der Waals surface area contributed by atoms with Gasteiger partial charge in [0.25, 0.3) is 0 Å². The molecule has 0 spiro atoms. The maximum atomic E-state index is 5.80. The minimum Gasteiger partial charge on any atom is -0.383 e. The molecule has 2 atom stereocenters. The number of methoxy groups -OCH3 is 1. The van der Waals surface area contributed by atoms with Crippen molar-refractivity contribution >= 4 is 0 Å². The summed E-state index contributed by atoms with van der Waals surface area (Å²) in [7, 11) is 1.77. The molecule has 3 heteroatoms. The summed E-state index contributed by atoms with van der Waals surface area (Å²) >= 11 is 0. The van der Waals surface area contributed by atoms with E-state index < -0.39 is 0 Å². The third kappa shape index (κ3) is 10.3. The van der Waals surface area contributed by atoms with Crippen molar-refractivity contribution in [3.05, 3.63) is 0 Å². The molecule has 1 rings (SSSR count). The Hall–Kier alpha value is -0.120. The highest BCUT2D eigenvalue weighted by molar-refractivity contribution is 4.79. The lowest BCUT2D eigenvalue weighted by molar-refractivity contribution is -0.0165. The fourth-order valence-corrected chi connectivity index (χ4v) is 2.15. The largest absolute Gasteiger partial charge is 0.383 e. The topological polar surface area (TPSA) is 21.7 Å². The summed E-state index contributed by atoms with van der Waals surface area (Å²) < 4.78 is 10.9. The number of ether oxygens (including phenoxy) is 2. The van der Waals surface area contributed by atoms with Crippen molar-refractivity contribution in [1.29, 1.82) is 0 Å². The molecule has 1 heterocycles. The van der Waals surface area contributed by atoms with Crippen molar-refractivity contribution in [1.82, 2.24) is 4.90 Å². The summed E-state index contributed by atoms with van der Waals surface area (Å²) in [5, 5.41) is 0. The molecule has 118 valence electrons. The fourth-order valence-electron chi connectivity index (χ4n) is 2.15. The molecular formula is C16H37NO2. The van der Waals surface area contributed by atoms with Crippen molar-refractivity contribution in [2.24, 2.45) is 0 Å². The zero-order chi connectivity index (χ0) is 15.1. The zero-order valence-corrected chi connectivity index (χ0v) is 14.4. The lowest BCUT2D eigenvalue weighted by atomic mass is 10.0. The van der Waals surface area contributed by atoms with E-state index in [2.05, 4.69) is 18.7 Å². The molecule has 1 aliphatic rings. The van der Waals surface area contributed by atoms with E-state index in [0.29, 0.717) is 12.1 Å². The first kappa shape index (κ1) is 21.2. The smallest absolute Gasteiger partial charge is 0.0602 e. The van der Waals surface area contributed by atoms with Crippen LogP contribution < -0.4 is 0 Å². The molecule has 0 amide bonds. The number of nitrogens with zero attached hydrogens (tertiary/aromatic N) is 1. The first-order chi connectivity index (χ1) is 9.27. The summed E-state index contributed by atoms with van der Waals surface area (Å²) in [6.07, 6.45) is 3.95. The van der Waals surface area contributed by atoms with E-state index in [1.165, 1.54) is 12.8 Å². The van der Waals surface area contributed by atoms with E-state index in [0.717, 1.165) is 32.7 Å². The Morgan fingerprint density at radius 2 is 1.74 bits per heavy atom. The molecule has 0 radical (unpaired) electrons. The molecule has 0 aromatic carbocycles. The van der Waals surface area contributed by atoms with Gasteiger partial charge >= 0.3 is 0 Å². The number of hydrogen-bond donors (Lipinski definition) is 0. The van der Waals surface area contributed by atoms with Crippen LogP contribution in [0.15, 0.2) is 0 Å². The monoisotopic (exact) mass is 275 g/mol. The standard InChI is InChI=1S/C12H25NO2.2C2H6/c1-4-8-15-12-5-6-13(7-9-14-3)11(2)10-12;2*1-2/h11-12H,4-10H2,1-3H3;2*1-2H3/t11-,12+;;/m0../s1. The lowest BCUT2D eigenvalue weighted by Gasteiger charge is -2.37. The second-order valence-electron chi connectivity index (χ2n) is 4.39. The van der Waals surface area contributed by atoms with Gasteiger partial charge in [-0.15, -0.1) is 0 Å². The second kappa shape index (κ2) is 15.9. The van der Waals surface area contributed by atoms with Crippen LogP contribution in [0.1, 0.15) is 60.8 Å². The molecule has 0 aromatic rings. The van der Waals surface area contributed by atoms with E-state index in [9.17, 15) is 0 Å². The van der Waals surface area contributed by atoms with E-state index in [-0.39, 0.29) is 0 Å². The van der Waals surface area contributed by atoms with Crippen LogP contribution in [0.5, 0.6) is 0 Å². The van der Waals surface area contributed by atoms with Gasteiger partial charge in [0.2, 0.25) is 0 Å². The van der Waals surface area contributed by atoms with Gasteiger partial charge in [-0.3, -0.25) is 4.90 Å². The highest BCUT2D eigenvalue weighted by Crippen LogP contribution is 2.19. The summed E-state index contributed by atoms with van der Waals surface area (Å²) in [6.45, 7) is 16.4. The van der Waals surface area contributed by atoms with Crippen LogP contribution in [0, 0.1) is 0 Å². The van der Waals surface area contributed by atoms with Gasteiger partial charge in [0.05, 0.1) is 12.7 Å². The lowest BCUT2D eigenvalue weighted by Crippen LogP contribution is -2.44. The molecule has 0 aromatic heterocycles. The quantitative estimate of drug-likeness (QED) is 0.732. The number of hydrogen-bond acceptors (Lipinski definition) is 3. The average molecular weight is 275 g/mol. The van der Waals surface area contributed by atoms with Gasteiger partial charge in [0.15, 0.2) is 0 Å². The summed E-state index contributed by atoms with van der Waals surface area (Å²) in [4.78, 5) is 2.50. The van der Waals surface area contributed by atoms with E-state index in [4.69, 9.17) is 9.47 Å². The summed E-state index contributed by atoms with van der Waals surface area (Å²) in [6, 6.07) is 0.635. The Morgan fingerprint density at radius 1 is 1.11 bits per heavy atom. The van der Waals surface area contributed by atoms with Crippen molar-refractivity contribution in [3.8, 4) is 0 Å². The molecule has 1 saturated heterocycles. The first-order valence-corrected chi connectivity index (χ1v) is 8.12. The van der Waals surface area contributed by atoms with Gasteiger partial charge in [-0.25, -0.2) is 0 Å². The predicted octanol–water partition coefficient (Wildman–Crippen LogP) is 3.96. The molecular weight excluding hydrogens is 238 g/mol. The van der Waals surface area contributed by atoms with Crippen LogP contribution in [0.3, 0.4) is 0 Å². The van der Waals surface area contributed by atoms with Crippen molar-refractivity contribution < 1.29 is 9.47 Å². The van der Waals surface area contributed by atoms with Crippen LogP contribution in [0.2, 0.25) is 0 Å². The number of piperidine rings is 1. The van der Waals surface area contributed by atoms with Gasteiger partial charge < -0.3 is 9.47 Å².